The van der Waals surface area contributed by atoms with Crippen LogP contribution in [0.3, 0.4) is 0 Å². The molecule has 0 bridgehead atoms. The molecule has 1 heterocycles. The number of methoxy groups -OCH3 is 1. The van der Waals surface area contributed by atoms with Gasteiger partial charge in [0.25, 0.3) is 0 Å². The number of fused-ring (bicyclic) bond motifs is 1. The smallest absolute Gasteiger partial charge is 0.405 e. The van der Waals surface area contributed by atoms with Crippen LogP contribution in [0, 0.1) is 5.92 Å². The Labute approximate surface area is 196 Å². The van der Waals surface area contributed by atoms with E-state index in [1.165, 1.54) is 11.9 Å². The molecule has 0 saturated heterocycles. The van der Waals surface area contributed by atoms with E-state index in [0.717, 1.165) is 12.0 Å². The average Bonchev–Trinajstić information content (AvgIpc) is 3.31. The fraction of sp³-hybridized carbons (Fsp3) is 0.476. The largest absolute Gasteiger partial charge is 0.474 e. The van der Waals surface area contributed by atoms with Gasteiger partial charge < -0.3 is 30.4 Å². The molecule has 1 saturated carbocycles. The van der Waals surface area contributed by atoms with E-state index >= 15 is 0 Å². The molecule has 1 unspecified atom stereocenters. The first-order valence-corrected chi connectivity index (χ1v) is 12.3. The van der Waals surface area contributed by atoms with Crippen LogP contribution in [0.5, 0.6) is 5.88 Å². The minimum Gasteiger partial charge on any atom is -0.474 e. The SMILES string of the molecule is CO[C@H]1Cc2ccccc2[C@H]1Nc1cc(O[C@H]2C[C@@H](O)[C@@H](C(OC(N)=O)S(N)(=O)=O)C2)ncn1. The number of aliphatic hydroxyl groups excluding tert-OH is 1. The number of nitrogens with two attached hydrogens (primary N) is 2. The van der Waals surface area contributed by atoms with Gasteiger partial charge in [0.1, 0.15) is 18.2 Å². The van der Waals surface area contributed by atoms with Gasteiger partial charge in [0.15, 0.2) is 0 Å². The third kappa shape index (κ3) is 5.22. The van der Waals surface area contributed by atoms with Gasteiger partial charge in [0.05, 0.1) is 18.2 Å². The number of anilines is 1. The predicted molar refractivity (Wildman–Crippen MR) is 120 cm³/mol. The highest BCUT2D eigenvalue weighted by Gasteiger charge is 2.46. The zero-order valence-electron chi connectivity index (χ0n) is 18.4. The predicted octanol–water partition coefficient (Wildman–Crippen LogP) is 0.429. The van der Waals surface area contributed by atoms with E-state index in [-0.39, 0.29) is 30.9 Å². The fourth-order valence-electron chi connectivity index (χ4n) is 4.66. The number of primary amides is 1. The topological polar surface area (TPSA) is 189 Å². The molecule has 2 aromatic rings. The second-order valence-electron chi connectivity index (χ2n) is 8.38. The molecule has 2 aliphatic carbocycles. The van der Waals surface area contributed by atoms with Crippen LogP contribution < -0.4 is 20.9 Å². The van der Waals surface area contributed by atoms with Crippen molar-refractivity contribution in [2.75, 3.05) is 12.4 Å². The van der Waals surface area contributed by atoms with Gasteiger partial charge in [0, 0.05) is 31.9 Å². The molecular formula is C21H27N5O7S. The van der Waals surface area contributed by atoms with Crippen LogP contribution in [0.25, 0.3) is 0 Å². The summed E-state index contributed by atoms with van der Waals surface area (Å²) in [6, 6.07) is 9.58. The molecule has 1 fully saturated rings. The van der Waals surface area contributed by atoms with E-state index in [1.807, 2.05) is 18.2 Å². The van der Waals surface area contributed by atoms with E-state index in [4.69, 9.17) is 20.3 Å². The van der Waals surface area contributed by atoms with Crippen LogP contribution in [0.1, 0.15) is 30.0 Å². The second-order valence-corrected chi connectivity index (χ2v) is 10.0. The third-order valence-electron chi connectivity index (χ3n) is 6.16. The van der Waals surface area contributed by atoms with Crippen molar-refractivity contribution >= 4 is 21.9 Å². The van der Waals surface area contributed by atoms with Crippen molar-refractivity contribution in [3.8, 4) is 5.88 Å². The first-order chi connectivity index (χ1) is 16.2. The fourth-order valence-corrected chi connectivity index (χ4v) is 5.67. The number of ether oxygens (including phenoxy) is 3. The number of amides is 1. The Bertz CT molecular complexity index is 1150. The minimum absolute atomic E-state index is 0.0596. The van der Waals surface area contributed by atoms with Crippen LogP contribution >= 0.6 is 0 Å². The van der Waals surface area contributed by atoms with Gasteiger partial charge >= 0.3 is 6.09 Å². The summed E-state index contributed by atoms with van der Waals surface area (Å²) < 4.78 is 39.9. The number of aliphatic hydroxyl groups is 1. The Kier molecular flexibility index (Phi) is 6.89. The van der Waals surface area contributed by atoms with Gasteiger partial charge in [-0.1, -0.05) is 24.3 Å². The molecule has 0 radical (unpaired) electrons. The summed E-state index contributed by atoms with van der Waals surface area (Å²) in [6.45, 7) is 0. The van der Waals surface area contributed by atoms with Gasteiger partial charge in [-0.2, -0.15) is 0 Å². The average molecular weight is 494 g/mol. The molecule has 1 amide bonds. The molecule has 0 spiro atoms. The maximum atomic E-state index is 11.9. The lowest BCUT2D eigenvalue weighted by Gasteiger charge is -2.23. The summed E-state index contributed by atoms with van der Waals surface area (Å²) in [7, 11) is -2.65. The van der Waals surface area contributed by atoms with E-state index in [0.29, 0.717) is 5.82 Å². The quantitative estimate of drug-likeness (QED) is 0.401. The summed E-state index contributed by atoms with van der Waals surface area (Å²) in [6.07, 6.45) is -0.831. The summed E-state index contributed by atoms with van der Waals surface area (Å²) >= 11 is 0. The van der Waals surface area contributed by atoms with Gasteiger partial charge in [-0.05, 0) is 17.5 Å². The monoisotopic (exact) mass is 493 g/mol. The molecule has 13 heteroatoms. The maximum Gasteiger partial charge on any atom is 0.405 e. The van der Waals surface area contributed by atoms with Crippen molar-refractivity contribution in [2.24, 2.45) is 16.8 Å². The Balaban J connectivity index is 1.45. The summed E-state index contributed by atoms with van der Waals surface area (Å²) in [4.78, 5) is 19.5. The molecule has 6 N–H and O–H groups in total. The summed E-state index contributed by atoms with van der Waals surface area (Å²) in [5.41, 5.74) is 5.52. The number of aromatic nitrogens is 2. The molecule has 6 atom stereocenters. The normalized spacial score (nSPS) is 27.1. The summed E-state index contributed by atoms with van der Waals surface area (Å²) in [5.74, 6) is -0.244. The van der Waals surface area contributed by atoms with Crippen molar-refractivity contribution in [3.05, 3.63) is 47.8 Å². The van der Waals surface area contributed by atoms with E-state index in [2.05, 4.69) is 26.1 Å². The van der Waals surface area contributed by atoms with Crippen LogP contribution in [0.4, 0.5) is 10.6 Å². The highest BCUT2D eigenvalue weighted by Crippen LogP contribution is 2.37. The lowest BCUT2D eigenvalue weighted by atomic mass is 10.1. The van der Waals surface area contributed by atoms with Crippen molar-refractivity contribution in [1.29, 1.82) is 0 Å². The number of benzene rings is 1. The molecule has 4 rings (SSSR count). The Hall–Kier alpha value is -3.00. The first-order valence-electron chi connectivity index (χ1n) is 10.7. The molecule has 12 nitrogen and oxygen atoms in total. The number of hydrogen-bond donors (Lipinski definition) is 4. The molecule has 2 aliphatic rings. The molecule has 0 aliphatic heterocycles. The minimum atomic E-state index is -4.31. The zero-order chi connectivity index (χ0) is 24.5. The van der Waals surface area contributed by atoms with Crippen LogP contribution in [-0.2, 0) is 25.9 Å². The van der Waals surface area contributed by atoms with E-state index in [1.54, 1.807) is 13.2 Å². The van der Waals surface area contributed by atoms with Crippen LogP contribution in [0.2, 0.25) is 0 Å². The number of nitrogens with one attached hydrogen (secondary N) is 1. The third-order valence-corrected chi connectivity index (χ3v) is 7.25. The number of sulfonamides is 1. The Morgan fingerprint density at radius 3 is 2.74 bits per heavy atom. The molecule has 1 aromatic carbocycles. The van der Waals surface area contributed by atoms with Gasteiger partial charge in [-0.25, -0.2) is 28.3 Å². The van der Waals surface area contributed by atoms with Crippen molar-refractivity contribution < 1.29 is 32.5 Å². The summed E-state index contributed by atoms with van der Waals surface area (Å²) in [5, 5.41) is 18.9. The van der Waals surface area contributed by atoms with Crippen molar-refractivity contribution in [2.45, 2.75) is 49.1 Å². The number of carbonyl (C=O) groups is 1. The Morgan fingerprint density at radius 1 is 1.26 bits per heavy atom. The number of hydrogen-bond acceptors (Lipinski definition) is 10. The highest BCUT2D eigenvalue weighted by atomic mass is 32.2. The van der Waals surface area contributed by atoms with Gasteiger partial charge in [-0.3, -0.25) is 0 Å². The second kappa shape index (κ2) is 9.70. The van der Waals surface area contributed by atoms with Crippen LogP contribution in [-0.4, -0.2) is 60.4 Å². The molecule has 1 aromatic heterocycles. The highest BCUT2D eigenvalue weighted by molar-refractivity contribution is 7.89. The van der Waals surface area contributed by atoms with Crippen molar-refractivity contribution in [3.63, 3.8) is 0 Å². The van der Waals surface area contributed by atoms with Gasteiger partial charge in [0.2, 0.25) is 21.3 Å². The van der Waals surface area contributed by atoms with E-state index < -0.39 is 39.7 Å². The lowest BCUT2D eigenvalue weighted by molar-refractivity contribution is 0.0550. The number of primary sulfonamides is 1. The maximum absolute atomic E-state index is 11.9. The van der Waals surface area contributed by atoms with Crippen LogP contribution in [0.15, 0.2) is 36.7 Å². The van der Waals surface area contributed by atoms with E-state index in [9.17, 15) is 18.3 Å². The lowest BCUT2D eigenvalue weighted by Crippen LogP contribution is -2.43. The van der Waals surface area contributed by atoms with Crippen molar-refractivity contribution in [1.82, 2.24) is 9.97 Å². The number of nitrogens with zero attached hydrogens (tertiary/aromatic N) is 2. The number of carbonyl (C=O) groups excluding carboxylic acids is 1. The molecular weight excluding hydrogens is 466 g/mol. The molecule has 34 heavy (non-hydrogen) atoms. The first kappa shape index (κ1) is 24.1. The van der Waals surface area contributed by atoms with Gasteiger partial charge in [-0.15, -0.1) is 0 Å². The Morgan fingerprint density at radius 2 is 2.03 bits per heavy atom. The standard InChI is InChI=1S/C21H27N5O7S/c1-31-16-6-11-4-2-3-5-13(11)19(16)26-17-9-18(25-10-24-17)32-12-7-14(15(27)8-12)20(33-21(22)28)34(23,29)30/h2-5,9-10,12,14-16,19-20,27H,6-8H2,1H3,(H2,22,28)(H2,23,29,30)(H,24,25,26)/t12-,14+,15-,16+,19-,20?/m1/s1. The zero-order valence-corrected chi connectivity index (χ0v) is 19.2. The number of rotatable bonds is 8. The molecule has 184 valence electrons.